The summed E-state index contributed by atoms with van der Waals surface area (Å²) in [4.78, 5) is 0. The number of rotatable bonds is 10. The topological polar surface area (TPSA) is 24.1 Å². The predicted octanol–water partition coefficient (Wildman–Crippen LogP) is 2.91. The summed E-state index contributed by atoms with van der Waals surface area (Å²) in [5.74, 6) is 0. The van der Waals surface area contributed by atoms with E-state index in [0.29, 0.717) is 0 Å². The van der Waals surface area contributed by atoms with E-state index in [4.69, 9.17) is 0 Å². The fraction of sp³-hybridized carbons (Fsp3) is 0.625. The molecule has 0 saturated carbocycles. The van der Waals surface area contributed by atoms with Gasteiger partial charge in [-0.05, 0) is 64.3 Å². The van der Waals surface area contributed by atoms with Crippen LogP contribution in [-0.4, -0.2) is 26.2 Å². The Balaban J connectivity index is 1.91. The maximum absolute atomic E-state index is 3.50. The molecule has 0 aliphatic heterocycles. The van der Waals surface area contributed by atoms with Gasteiger partial charge in [-0.2, -0.15) is 0 Å². The van der Waals surface area contributed by atoms with E-state index in [-0.39, 0.29) is 0 Å². The first-order valence-corrected chi connectivity index (χ1v) is 7.30. The predicted molar refractivity (Wildman–Crippen MR) is 80.1 cm³/mol. The molecule has 0 saturated heterocycles. The molecule has 0 aliphatic rings. The lowest BCUT2D eigenvalue weighted by molar-refractivity contribution is 0.582. The molecule has 0 spiro atoms. The van der Waals surface area contributed by atoms with Gasteiger partial charge < -0.3 is 10.6 Å². The number of hydrogen-bond acceptors (Lipinski definition) is 2. The van der Waals surface area contributed by atoms with Gasteiger partial charge >= 0.3 is 0 Å². The van der Waals surface area contributed by atoms with E-state index in [1.165, 1.54) is 36.8 Å². The third-order valence-electron chi connectivity index (χ3n) is 3.07. The summed E-state index contributed by atoms with van der Waals surface area (Å²) in [5, 5.41) is 6.92. The maximum Gasteiger partial charge on any atom is -0.00368 e. The molecule has 0 fully saturated rings. The second-order valence-corrected chi connectivity index (χ2v) is 4.94. The normalized spacial score (nSPS) is 10.8. The molecule has 0 bridgehead atoms. The van der Waals surface area contributed by atoms with E-state index in [1.54, 1.807) is 0 Å². The molecular weight excluding hydrogens is 220 g/mol. The maximum atomic E-state index is 3.50. The van der Waals surface area contributed by atoms with Gasteiger partial charge in [0.05, 0.1) is 0 Å². The minimum atomic E-state index is 1.13. The van der Waals surface area contributed by atoms with Crippen molar-refractivity contribution in [2.24, 2.45) is 0 Å². The Hall–Kier alpha value is -0.860. The lowest BCUT2D eigenvalue weighted by Crippen LogP contribution is -2.23. The second kappa shape index (κ2) is 10.1. The molecule has 2 heteroatoms. The van der Waals surface area contributed by atoms with Gasteiger partial charge in [0.15, 0.2) is 0 Å². The third-order valence-corrected chi connectivity index (χ3v) is 3.07. The van der Waals surface area contributed by atoms with Gasteiger partial charge in [0.1, 0.15) is 0 Å². The van der Waals surface area contributed by atoms with Crippen LogP contribution >= 0.6 is 0 Å². The van der Waals surface area contributed by atoms with Crippen LogP contribution in [0.1, 0.15) is 37.3 Å². The number of benzene rings is 1. The molecule has 0 amide bonds. The zero-order valence-corrected chi connectivity index (χ0v) is 12.0. The summed E-state index contributed by atoms with van der Waals surface area (Å²) in [5.41, 5.74) is 2.79. The molecule has 0 heterocycles. The van der Waals surface area contributed by atoms with Crippen molar-refractivity contribution in [2.45, 2.75) is 39.5 Å². The van der Waals surface area contributed by atoms with Gasteiger partial charge in [-0.3, -0.25) is 0 Å². The molecule has 1 rings (SSSR count). The van der Waals surface area contributed by atoms with Crippen LogP contribution in [0.2, 0.25) is 0 Å². The SMILES string of the molecule is CCCNCCCNCCCc1ccc(C)cc1. The molecule has 0 radical (unpaired) electrons. The van der Waals surface area contributed by atoms with Gasteiger partial charge in [-0.15, -0.1) is 0 Å². The summed E-state index contributed by atoms with van der Waals surface area (Å²) in [6.07, 6.45) is 4.86. The first-order valence-electron chi connectivity index (χ1n) is 7.30. The van der Waals surface area contributed by atoms with Crippen LogP contribution in [0, 0.1) is 6.92 Å². The highest BCUT2D eigenvalue weighted by Gasteiger charge is 1.93. The van der Waals surface area contributed by atoms with Crippen LogP contribution < -0.4 is 10.6 Å². The third kappa shape index (κ3) is 7.46. The van der Waals surface area contributed by atoms with Crippen LogP contribution in [-0.2, 0) is 6.42 Å². The van der Waals surface area contributed by atoms with Gasteiger partial charge in [0.25, 0.3) is 0 Å². The summed E-state index contributed by atoms with van der Waals surface area (Å²) >= 11 is 0. The molecule has 1 aromatic rings. The molecule has 0 unspecified atom stereocenters. The number of aryl methyl sites for hydroxylation is 2. The Labute approximate surface area is 112 Å². The molecule has 102 valence electrons. The van der Waals surface area contributed by atoms with Gasteiger partial charge in [0, 0.05) is 0 Å². The smallest absolute Gasteiger partial charge is 0.00368 e. The molecular formula is C16H28N2. The summed E-state index contributed by atoms with van der Waals surface area (Å²) in [6, 6.07) is 8.87. The fourth-order valence-corrected chi connectivity index (χ4v) is 1.94. The molecule has 2 nitrogen and oxygen atoms in total. The molecule has 2 N–H and O–H groups in total. The first kappa shape index (κ1) is 15.2. The minimum Gasteiger partial charge on any atom is -0.317 e. The Morgan fingerprint density at radius 1 is 0.833 bits per heavy atom. The largest absolute Gasteiger partial charge is 0.317 e. The quantitative estimate of drug-likeness (QED) is 0.622. The summed E-state index contributed by atoms with van der Waals surface area (Å²) < 4.78 is 0. The van der Waals surface area contributed by atoms with Crippen LogP contribution in [0.3, 0.4) is 0 Å². The van der Waals surface area contributed by atoms with E-state index in [0.717, 1.165) is 26.2 Å². The van der Waals surface area contributed by atoms with Crippen LogP contribution in [0.15, 0.2) is 24.3 Å². The Kier molecular flexibility index (Phi) is 8.53. The zero-order chi connectivity index (χ0) is 13.1. The highest BCUT2D eigenvalue weighted by atomic mass is 14.9. The van der Waals surface area contributed by atoms with Crippen molar-refractivity contribution in [1.82, 2.24) is 10.6 Å². The average Bonchev–Trinajstić information content (AvgIpc) is 2.39. The van der Waals surface area contributed by atoms with Crippen molar-refractivity contribution in [3.63, 3.8) is 0 Å². The van der Waals surface area contributed by atoms with Gasteiger partial charge in [-0.1, -0.05) is 36.8 Å². The molecule has 0 aromatic heterocycles. The lowest BCUT2D eigenvalue weighted by Gasteiger charge is -2.06. The average molecular weight is 248 g/mol. The van der Waals surface area contributed by atoms with E-state index in [1.807, 2.05) is 0 Å². The van der Waals surface area contributed by atoms with E-state index in [2.05, 4.69) is 48.7 Å². The van der Waals surface area contributed by atoms with Crippen molar-refractivity contribution >= 4 is 0 Å². The zero-order valence-electron chi connectivity index (χ0n) is 12.0. The molecule has 0 aliphatic carbocycles. The van der Waals surface area contributed by atoms with E-state index in [9.17, 15) is 0 Å². The first-order chi connectivity index (χ1) is 8.83. The van der Waals surface area contributed by atoms with Crippen molar-refractivity contribution in [3.8, 4) is 0 Å². The highest BCUT2D eigenvalue weighted by Crippen LogP contribution is 2.05. The Morgan fingerprint density at radius 3 is 2.11 bits per heavy atom. The van der Waals surface area contributed by atoms with Crippen LogP contribution in [0.4, 0.5) is 0 Å². The van der Waals surface area contributed by atoms with Crippen LogP contribution in [0.5, 0.6) is 0 Å². The van der Waals surface area contributed by atoms with Crippen molar-refractivity contribution < 1.29 is 0 Å². The fourth-order valence-electron chi connectivity index (χ4n) is 1.94. The van der Waals surface area contributed by atoms with Crippen LogP contribution in [0.25, 0.3) is 0 Å². The van der Waals surface area contributed by atoms with E-state index < -0.39 is 0 Å². The van der Waals surface area contributed by atoms with Gasteiger partial charge in [0.2, 0.25) is 0 Å². The molecule has 18 heavy (non-hydrogen) atoms. The second-order valence-electron chi connectivity index (χ2n) is 4.94. The monoisotopic (exact) mass is 248 g/mol. The van der Waals surface area contributed by atoms with Crippen molar-refractivity contribution in [1.29, 1.82) is 0 Å². The van der Waals surface area contributed by atoms with Crippen molar-refractivity contribution in [3.05, 3.63) is 35.4 Å². The summed E-state index contributed by atoms with van der Waals surface area (Å²) in [7, 11) is 0. The highest BCUT2D eigenvalue weighted by molar-refractivity contribution is 5.21. The Bertz CT molecular complexity index is 292. The minimum absolute atomic E-state index is 1.13. The number of hydrogen-bond donors (Lipinski definition) is 2. The Morgan fingerprint density at radius 2 is 1.44 bits per heavy atom. The summed E-state index contributed by atoms with van der Waals surface area (Å²) in [6.45, 7) is 8.88. The van der Waals surface area contributed by atoms with Gasteiger partial charge in [-0.25, -0.2) is 0 Å². The lowest BCUT2D eigenvalue weighted by atomic mass is 10.1. The standard InChI is InChI=1S/C16H28N2/c1-3-11-17-13-5-14-18-12-4-6-16-9-7-15(2)8-10-16/h7-10,17-18H,3-6,11-14H2,1-2H3. The number of nitrogens with one attached hydrogen (secondary N) is 2. The van der Waals surface area contributed by atoms with E-state index >= 15 is 0 Å². The van der Waals surface area contributed by atoms with Crippen molar-refractivity contribution in [2.75, 3.05) is 26.2 Å². The molecule has 1 aromatic carbocycles. The molecule has 0 atom stereocenters.